The van der Waals surface area contributed by atoms with Crippen molar-refractivity contribution in [1.29, 1.82) is 0 Å². The van der Waals surface area contributed by atoms with Gasteiger partial charge in [-0.15, -0.1) is 0 Å². The molecule has 7 rings (SSSR count). The molecule has 144 valence electrons. The summed E-state index contributed by atoms with van der Waals surface area (Å²) in [6, 6.07) is 21.8. The van der Waals surface area contributed by atoms with Gasteiger partial charge in [-0.2, -0.15) is 0 Å². The predicted octanol–water partition coefficient (Wildman–Crippen LogP) is 3.49. The Balaban J connectivity index is 1.72. The molecule has 0 amide bonds. The van der Waals surface area contributed by atoms with E-state index in [1.807, 2.05) is 36.4 Å². The molecule has 0 spiro atoms. The molecule has 0 saturated carbocycles. The van der Waals surface area contributed by atoms with E-state index < -0.39 is 17.2 Å². The van der Waals surface area contributed by atoms with E-state index >= 15 is 0 Å². The number of anilines is 2. The van der Waals surface area contributed by atoms with Crippen molar-refractivity contribution in [3.63, 3.8) is 0 Å². The second-order valence-corrected chi connectivity index (χ2v) is 7.98. The summed E-state index contributed by atoms with van der Waals surface area (Å²) in [5.41, 5.74) is 0.144. The first-order chi connectivity index (χ1) is 14.6. The molecule has 4 heterocycles. The molecule has 6 heteroatoms. The van der Waals surface area contributed by atoms with Crippen molar-refractivity contribution < 1.29 is 14.7 Å². The lowest BCUT2D eigenvalue weighted by Crippen LogP contribution is -2.70. The Morgan fingerprint density at radius 1 is 0.833 bits per heavy atom. The zero-order valence-electron chi connectivity index (χ0n) is 15.6. The molecule has 0 fully saturated rings. The molecule has 2 atom stereocenters. The molecule has 3 aliphatic rings. The minimum absolute atomic E-state index is 0.190. The largest absolute Gasteiger partial charge is 0.360 e. The van der Waals surface area contributed by atoms with Crippen molar-refractivity contribution >= 4 is 33.8 Å². The monoisotopic (exact) mass is 393 g/mol. The van der Waals surface area contributed by atoms with Crippen LogP contribution in [0.1, 0.15) is 32.0 Å². The Morgan fingerprint density at radius 3 is 2.47 bits per heavy atom. The topological polar surface area (TPSA) is 85.4 Å². The molecular weight excluding hydrogens is 378 g/mol. The number of hydrogen-bond acceptors (Lipinski definition) is 5. The second kappa shape index (κ2) is 4.80. The number of aromatic amines is 1. The minimum Gasteiger partial charge on any atom is -0.360 e. The van der Waals surface area contributed by atoms with Gasteiger partial charge in [0.15, 0.2) is 0 Å². The van der Waals surface area contributed by atoms with Crippen LogP contribution in [0.5, 0.6) is 0 Å². The molecule has 4 aromatic rings. The van der Waals surface area contributed by atoms with Gasteiger partial charge in [0.25, 0.3) is 0 Å². The lowest BCUT2D eigenvalue weighted by molar-refractivity contribution is 0.0104. The van der Waals surface area contributed by atoms with Gasteiger partial charge in [0.05, 0.1) is 11.4 Å². The number of para-hydroxylation sites is 3. The van der Waals surface area contributed by atoms with Gasteiger partial charge in [0.1, 0.15) is 0 Å². The van der Waals surface area contributed by atoms with Gasteiger partial charge in [0.2, 0.25) is 23.0 Å². The van der Waals surface area contributed by atoms with Crippen LogP contribution >= 0.6 is 0 Å². The minimum atomic E-state index is -2.02. The number of fused-ring (bicyclic) bond motifs is 6. The number of nitrogens with one attached hydrogen (secondary N) is 2. The van der Waals surface area contributed by atoms with E-state index in [9.17, 15) is 14.7 Å². The van der Waals surface area contributed by atoms with E-state index in [0.29, 0.717) is 28.1 Å². The van der Waals surface area contributed by atoms with Crippen LogP contribution in [-0.4, -0.2) is 21.7 Å². The van der Waals surface area contributed by atoms with Crippen molar-refractivity contribution in [2.45, 2.75) is 11.4 Å². The molecule has 0 saturated heterocycles. The van der Waals surface area contributed by atoms with Crippen LogP contribution < -0.4 is 10.2 Å². The number of H-pyrrole nitrogens is 1. The van der Waals surface area contributed by atoms with Gasteiger partial charge in [-0.05, 0) is 24.3 Å². The molecular formula is C24H15N3O3. The molecule has 6 nitrogen and oxygen atoms in total. The second-order valence-electron chi connectivity index (χ2n) is 7.98. The van der Waals surface area contributed by atoms with Crippen LogP contribution in [0.3, 0.4) is 0 Å². The highest BCUT2D eigenvalue weighted by molar-refractivity contribution is 6.25. The normalized spacial score (nSPS) is 25.4. The number of nitrogens with zero attached hydrogens (tertiary/aromatic N) is 1. The maximum absolute atomic E-state index is 14.0. The van der Waals surface area contributed by atoms with Crippen molar-refractivity contribution in [2.75, 3.05) is 10.2 Å². The van der Waals surface area contributed by atoms with Gasteiger partial charge < -0.3 is 15.4 Å². The van der Waals surface area contributed by atoms with Crippen LogP contribution in [0, 0.1) is 0 Å². The number of aromatic nitrogens is 1. The Labute approximate surface area is 170 Å². The first-order valence-electron chi connectivity index (χ1n) is 9.78. The smallest absolute Gasteiger partial charge is 0.236 e. The quantitative estimate of drug-likeness (QED) is 0.426. The van der Waals surface area contributed by atoms with Gasteiger partial charge in [-0.25, -0.2) is 0 Å². The molecule has 2 bridgehead atoms. The molecule has 3 aromatic carbocycles. The number of carbonyl (C=O) groups is 2. The summed E-state index contributed by atoms with van der Waals surface area (Å²) in [6.07, 6.45) is 0. The van der Waals surface area contributed by atoms with Crippen LogP contribution in [-0.2, 0) is 11.4 Å². The average Bonchev–Trinajstić information content (AvgIpc) is 3.28. The molecule has 30 heavy (non-hydrogen) atoms. The Kier molecular flexibility index (Phi) is 2.55. The van der Waals surface area contributed by atoms with Crippen molar-refractivity contribution in [1.82, 2.24) is 4.98 Å². The Hall–Kier alpha value is -3.90. The highest BCUT2D eigenvalue weighted by atomic mass is 16.3. The maximum Gasteiger partial charge on any atom is 0.236 e. The van der Waals surface area contributed by atoms with E-state index in [1.165, 1.54) is 0 Å². The van der Waals surface area contributed by atoms with E-state index in [0.717, 1.165) is 10.9 Å². The zero-order chi connectivity index (χ0) is 20.3. The number of aliphatic hydroxyl groups is 1. The van der Waals surface area contributed by atoms with Crippen LogP contribution in [0.4, 0.5) is 11.4 Å². The highest BCUT2D eigenvalue weighted by Gasteiger charge is 2.70. The summed E-state index contributed by atoms with van der Waals surface area (Å²) in [7, 11) is 0. The summed E-state index contributed by atoms with van der Waals surface area (Å²) < 4.78 is 0. The van der Waals surface area contributed by atoms with Crippen LogP contribution in [0.15, 0.2) is 72.8 Å². The van der Waals surface area contributed by atoms with E-state index in [2.05, 4.69) is 10.3 Å². The number of ketones is 2. The third-order valence-electron chi connectivity index (χ3n) is 6.61. The van der Waals surface area contributed by atoms with Crippen molar-refractivity contribution in [2.24, 2.45) is 0 Å². The fraction of sp³-hybridized carbons (Fsp3) is 0.0833. The van der Waals surface area contributed by atoms with E-state index in [4.69, 9.17) is 0 Å². The number of benzene rings is 3. The Morgan fingerprint density at radius 2 is 1.57 bits per heavy atom. The van der Waals surface area contributed by atoms with Gasteiger partial charge in [-0.3, -0.25) is 14.5 Å². The SMILES string of the molecule is O=C1c2[nH]c3ccccc3c2C23Nc4ccccc4C1(O)N2c1ccccc1C3=O. The summed E-state index contributed by atoms with van der Waals surface area (Å²) in [4.78, 5) is 32.6. The number of carbonyl (C=O) groups excluding carboxylic acids is 2. The average molecular weight is 393 g/mol. The molecule has 3 aliphatic heterocycles. The van der Waals surface area contributed by atoms with E-state index in [-0.39, 0.29) is 11.5 Å². The molecule has 0 aliphatic carbocycles. The van der Waals surface area contributed by atoms with E-state index in [1.54, 1.807) is 41.3 Å². The van der Waals surface area contributed by atoms with Crippen molar-refractivity contribution in [3.05, 3.63) is 95.2 Å². The van der Waals surface area contributed by atoms with Gasteiger partial charge in [-0.1, -0.05) is 48.5 Å². The number of Topliss-reactive ketones (excluding diaryl/α,β-unsaturated/α-hetero) is 2. The fourth-order valence-corrected chi connectivity index (χ4v) is 5.45. The Bertz CT molecular complexity index is 1460. The molecule has 0 radical (unpaired) electrons. The van der Waals surface area contributed by atoms with Gasteiger partial charge >= 0.3 is 0 Å². The number of rotatable bonds is 0. The van der Waals surface area contributed by atoms with Crippen LogP contribution in [0.25, 0.3) is 10.9 Å². The summed E-state index contributed by atoms with van der Waals surface area (Å²) in [5.74, 6) is -0.660. The standard InChI is InChI=1S/C24H15N3O3/c28-21-14-8-2-6-12-18(14)27-23(21)19-13-7-1-4-10-16(13)25-20(19)22(29)24(27,30)15-9-3-5-11-17(15)26-23/h1-12,25-26,30H. The first-order valence-corrected chi connectivity index (χ1v) is 9.78. The predicted molar refractivity (Wildman–Crippen MR) is 112 cm³/mol. The molecule has 1 aromatic heterocycles. The van der Waals surface area contributed by atoms with Crippen molar-refractivity contribution in [3.8, 4) is 0 Å². The highest BCUT2D eigenvalue weighted by Crippen LogP contribution is 2.60. The lowest BCUT2D eigenvalue weighted by Gasteiger charge is -2.55. The maximum atomic E-state index is 14.0. The summed E-state index contributed by atoms with van der Waals surface area (Å²) in [5, 5.41) is 16.3. The fourth-order valence-electron chi connectivity index (χ4n) is 5.45. The third kappa shape index (κ3) is 1.45. The van der Waals surface area contributed by atoms with Gasteiger partial charge in [0, 0.05) is 33.3 Å². The number of hydrogen-bond donors (Lipinski definition) is 3. The molecule has 2 unspecified atom stereocenters. The zero-order valence-corrected chi connectivity index (χ0v) is 15.6. The molecule has 3 N–H and O–H groups in total. The van der Waals surface area contributed by atoms with Crippen LogP contribution in [0.2, 0.25) is 0 Å². The lowest BCUT2D eigenvalue weighted by atomic mass is 9.76. The first kappa shape index (κ1) is 16.0. The summed E-state index contributed by atoms with van der Waals surface area (Å²) >= 11 is 0. The third-order valence-corrected chi connectivity index (χ3v) is 6.61. The summed E-state index contributed by atoms with van der Waals surface area (Å²) in [6.45, 7) is 0.